The first-order chi connectivity index (χ1) is 13.7. The van der Waals surface area contributed by atoms with Crippen LogP contribution in [0.3, 0.4) is 0 Å². The quantitative estimate of drug-likeness (QED) is 0.706. The van der Waals surface area contributed by atoms with Crippen molar-refractivity contribution in [1.82, 2.24) is 19.4 Å². The first-order valence-corrected chi connectivity index (χ1v) is 9.84. The lowest BCUT2D eigenvalue weighted by Gasteiger charge is -2.38. The third-order valence-electron chi connectivity index (χ3n) is 5.90. The van der Waals surface area contributed by atoms with Crippen LogP contribution in [-0.2, 0) is 13.1 Å². The summed E-state index contributed by atoms with van der Waals surface area (Å²) >= 11 is 0. The Hall–Kier alpha value is -2.92. The Morgan fingerprint density at radius 1 is 1.00 bits per heavy atom. The summed E-state index contributed by atoms with van der Waals surface area (Å²) in [5.74, 6) is 0.106. The molecule has 2 aliphatic rings. The number of aryl methyl sites for hydroxylation is 1. The molecule has 0 radical (unpaired) electrons. The molecule has 142 valence electrons. The van der Waals surface area contributed by atoms with E-state index in [4.69, 9.17) is 0 Å². The zero-order valence-electron chi connectivity index (χ0n) is 16.0. The standard InChI is InChI=1S/C23H24N4O/c1-17-6-4-7-18(12-17)13-25-15-21-22(16-25)27(14-19-8-2-3-10-24-19)23(28)20-9-5-11-26(20)21/h2-12,21-22H,13-16H2,1H3/t21-,22+/m0/s1. The molecule has 5 heteroatoms. The maximum absolute atomic E-state index is 13.2. The number of benzene rings is 1. The minimum absolute atomic E-state index is 0.106. The highest BCUT2D eigenvalue weighted by molar-refractivity contribution is 5.94. The van der Waals surface area contributed by atoms with Crippen LogP contribution in [0, 0.1) is 6.92 Å². The number of likely N-dealkylation sites (tertiary alicyclic amines) is 1. The maximum Gasteiger partial charge on any atom is 0.271 e. The molecule has 0 unspecified atom stereocenters. The first kappa shape index (κ1) is 17.2. The summed E-state index contributed by atoms with van der Waals surface area (Å²) in [6.07, 6.45) is 3.85. The van der Waals surface area contributed by atoms with E-state index in [2.05, 4.69) is 51.8 Å². The van der Waals surface area contributed by atoms with Gasteiger partial charge < -0.3 is 9.47 Å². The number of aromatic nitrogens is 2. The molecule has 2 aromatic heterocycles. The highest BCUT2D eigenvalue weighted by Gasteiger charge is 2.44. The molecule has 1 amide bonds. The Morgan fingerprint density at radius 2 is 1.89 bits per heavy atom. The van der Waals surface area contributed by atoms with Gasteiger partial charge in [0.2, 0.25) is 0 Å². The van der Waals surface area contributed by atoms with Gasteiger partial charge in [0.1, 0.15) is 5.69 Å². The summed E-state index contributed by atoms with van der Waals surface area (Å²) in [5.41, 5.74) is 4.34. The molecule has 2 atom stereocenters. The zero-order chi connectivity index (χ0) is 19.1. The monoisotopic (exact) mass is 372 g/mol. The lowest BCUT2D eigenvalue weighted by molar-refractivity contribution is 0.0553. The Balaban J connectivity index is 1.43. The average molecular weight is 372 g/mol. The van der Waals surface area contributed by atoms with E-state index in [1.165, 1.54) is 11.1 Å². The number of nitrogens with zero attached hydrogens (tertiary/aromatic N) is 4. The molecular weight excluding hydrogens is 348 g/mol. The van der Waals surface area contributed by atoms with Gasteiger partial charge in [0.05, 0.1) is 24.3 Å². The molecule has 1 fully saturated rings. The second-order valence-electron chi connectivity index (χ2n) is 7.87. The van der Waals surface area contributed by atoms with Gasteiger partial charge in [-0.2, -0.15) is 0 Å². The Labute approximate surface area is 165 Å². The van der Waals surface area contributed by atoms with Crippen molar-refractivity contribution in [3.63, 3.8) is 0 Å². The van der Waals surface area contributed by atoms with Crippen LogP contribution >= 0.6 is 0 Å². The number of hydrogen-bond acceptors (Lipinski definition) is 3. The minimum Gasteiger partial charge on any atom is -0.337 e. The van der Waals surface area contributed by atoms with Crippen molar-refractivity contribution >= 4 is 5.91 Å². The summed E-state index contributed by atoms with van der Waals surface area (Å²) in [7, 11) is 0. The number of amides is 1. The predicted molar refractivity (Wildman–Crippen MR) is 108 cm³/mol. The minimum atomic E-state index is 0.106. The van der Waals surface area contributed by atoms with Gasteiger partial charge >= 0.3 is 0 Å². The molecule has 4 heterocycles. The van der Waals surface area contributed by atoms with E-state index in [0.29, 0.717) is 6.54 Å². The molecule has 0 spiro atoms. The molecule has 5 nitrogen and oxygen atoms in total. The van der Waals surface area contributed by atoms with Crippen LogP contribution in [-0.4, -0.2) is 44.4 Å². The molecular formula is C23H24N4O. The Morgan fingerprint density at radius 3 is 2.71 bits per heavy atom. The molecule has 3 aromatic rings. The molecule has 0 N–H and O–H groups in total. The van der Waals surface area contributed by atoms with E-state index < -0.39 is 0 Å². The topological polar surface area (TPSA) is 41.4 Å². The van der Waals surface area contributed by atoms with E-state index in [0.717, 1.165) is 31.0 Å². The van der Waals surface area contributed by atoms with E-state index in [-0.39, 0.29) is 18.0 Å². The van der Waals surface area contributed by atoms with Gasteiger partial charge in [-0.1, -0.05) is 35.9 Å². The highest BCUT2D eigenvalue weighted by atomic mass is 16.2. The fraction of sp³-hybridized carbons (Fsp3) is 0.304. The van der Waals surface area contributed by atoms with Crippen molar-refractivity contribution in [2.75, 3.05) is 13.1 Å². The van der Waals surface area contributed by atoms with Crippen LogP contribution in [0.4, 0.5) is 0 Å². The summed E-state index contributed by atoms with van der Waals surface area (Å²) in [4.78, 5) is 22.1. The van der Waals surface area contributed by atoms with Crippen molar-refractivity contribution in [2.45, 2.75) is 32.1 Å². The van der Waals surface area contributed by atoms with E-state index in [9.17, 15) is 4.79 Å². The number of rotatable bonds is 4. The molecule has 2 aliphatic heterocycles. The molecule has 1 saturated heterocycles. The van der Waals surface area contributed by atoms with Crippen molar-refractivity contribution < 1.29 is 4.79 Å². The molecule has 28 heavy (non-hydrogen) atoms. The van der Waals surface area contributed by atoms with Gasteiger partial charge in [0.15, 0.2) is 0 Å². The zero-order valence-corrected chi connectivity index (χ0v) is 16.0. The fourth-order valence-corrected chi connectivity index (χ4v) is 4.64. The molecule has 0 bridgehead atoms. The Kier molecular flexibility index (Phi) is 4.24. The van der Waals surface area contributed by atoms with Crippen LogP contribution in [0.5, 0.6) is 0 Å². The lowest BCUT2D eigenvalue weighted by Crippen LogP contribution is -2.49. The van der Waals surface area contributed by atoms with Crippen molar-refractivity contribution in [3.8, 4) is 0 Å². The number of carbonyl (C=O) groups is 1. The van der Waals surface area contributed by atoms with Crippen LogP contribution in [0.15, 0.2) is 67.0 Å². The second-order valence-corrected chi connectivity index (χ2v) is 7.87. The van der Waals surface area contributed by atoms with Gasteiger partial charge in [0.25, 0.3) is 5.91 Å². The van der Waals surface area contributed by atoms with Crippen LogP contribution in [0.25, 0.3) is 0 Å². The summed E-state index contributed by atoms with van der Waals surface area (Å²) in [6, 6.07) is 19.0. The van der Waals surface area contributed by atoms with E-state index in [1.807, 2.05) is 35.2 Å². The predicted octanol–water partition coefficient (Wildman–Crippen LogP) is 3.27. The van der Waals surface area contributed by atoms with E-state index >= 15 is 0 Å². The molecule has 0 aliphatic carbocycles. The number of hydrogen-bond donors (Lipinski definition) is 0. The molecule has 5 rings (SSSR count). The van der Waals surface area contributed by atoms with E-state index in [1.54, 1.807) is 6.20 Å². The molecule has 0 saturated carbocycles. The molecule has 1 aromatic carbocycles. The summed E-state index contributed by atoms with van der Waals surface area (Å²) in [5, 5.41) is 0. The first-order valence-electron chi connectivity index (χ1n) is 9.84. The lowest BCUT2D eigenvalue weighted by atomic mass is 10.1. The van der Waals surface area contributed by atoms with Crippen molar-refractivity contribution in [1.29, 1.82) is 0 Å². The number of carbonyl (C=O) groups excluding carboxylic acids is 1. The third-order valence-corrected chi connectivity index (χ3v) is 5.90. The van der Waals surface area contributed by atoms with Crippen molar-refractivity contribution in [3.05, 3.63) is 89.5 Å². The van der Waals surface area contributed by atoms with Gasteiger partial charge in [-0.25, -0.2) is 0 Å². The van der Waals surface area contributed by atoms with Crippen LogP contribution in [0.1, 0.15) is 33.4 Å². The fourth-order valence-electron chi connectivity index (χ4n) is 4.64. The SMILES string of the molecule is Cc1cccc(CN2C[C@@H]3[C@H](C2)n2cccc2C(=O)N3Cc2ccccn2)c1. The van der Waals surface area contributed by atoms with Crippen molar-refractivity contribution in [2.24, 2.45) is 0 Å². The summed E-state index contributed by atoms with van der Waals surface area (Å²) < 4.78 is 2.18. The van der Waals surface area contributed by atoms with Crippen LogP contribution in [0.2, 0.25) is 0 Å². The largest absolute Gasteiger partial charge is 0.337 e. The number of pyridine rings is 1. The van der Waals surface area contributed by atoms with Gasteiger partial charge in [-0.15, -0.1) is 0 Å². The maximum atomic E-state index is 13.2. The van der Waals surface area contributed by atoms with Crippen LogP contribution < -0.4 is 0 Å². The Bertz CT molecular complexity index is 997. The third kappa shape index (κ3) is 3.02. The highest BCUT2D eigenvalue weighted by Crippen LogP contribution is 2.35. The second kappa shape index (κ2) is 6.91. The number of fused-ring (bicyclic) bond motifs is 3. The average Bonchev–Trinajstić information content (AvgIpc) is 3.33. The van der Waals surface area contributed by atoms with Gasteiger partial charge in [-0.3, -0.25) is 14.7 Å². The van der Waals surface area contributed by atoms with Gasteiger partial charge in [-0.05, 0) is 36.8 Å². The van der Waals surface area contributed by atoms with Gasteiger partial charge in [0, 0.05) is 32.0 Å². The normalized spacial score (nSPS) is 21.6. The summed E-state index contributed by atoms with van der Waals surface area (Å²) in [6.45, 7) is 5.44. The smallest absolute Gasteiger partial charge is 0.271 e.